The summed E-state index contributed by atoms with van der Waals surface area (Å²) in [7, 11) is 1.81. The lowest BCUT2D eigenvalue weighted by Crippen LogP contribution is -2.42. The third kappa shape index (κ3) is 5.84. The van der Waals surface area contributed by atoms with E-state index in [1.165, 1.54) is 44.9 Å². The largest absolute Gasteiger partial charge is 0.354 e. The van der Waals surface area contributed by atoms with Crippen molar-refractivity contribution in [2.45, 2.75) is 77.9 Å². The van der Waals surface area contributed by atoms with Crippen molar-refractivity contribution >= 4 is 5.96 Å². The molecule has 1 unspecified atom stereocenters. The van der Waals surface area contributed by atoms with E-state index in [9.17, 15) is 0 Å². The number of hydrogen-bond donors (Lipinski definition) is 2. The lowest BCUT2D eigenvalue weighted by Gasteiger charge is -2.24. The predicted octanol–water partition coefficient (Wildman–Crippen LogP) is 2.71. The number of aryl methyl sites for hydroxylation is 1. The Morgan fingerprint density at radius 3 is 2.87 bits per heavy atom. The van der Waals surface area contributed by atoms with E-state index >= 15 is 0 Å². The monoisotopic (exact) mass is 320 g/mol. The minimum atomic E-state index is 0.437. The molecular weight excluding hydrogens is 288 g/mol. The molecule has 1 fully saturated rings. The zero-order valence-corrected chi connectivity index (χ0v) is 14.9. The zero-order chi connectivity index (χ0) is 16.5. The van der Waals surface area contributed by atoms with Gasteiger partial charge in [0.2, 0.25) is 0 Å². The molecule has 0 aromatic carbocycles. The summed E-state index contributed by atoms with van der Waals surface area (Å²) in [6, 6.07) is 0.437. The first-order chi connectivity index (χ1) is 11.2. The van der Waals surface area contributed by atoms with Gasteiger partial charge in [0.1, 0.15) is 6.33 Å². The number of guanidine groups is 1. The normalized spacial score (nSPS) is 18.0. The molecule has 1 aliphatic rings. The Bertz CT molecular complexity index is 475. The molecule has 1 saturated carbocycles. The summed E-state index contributed by atoms with van der Waals surface area (Å²) < 4.78 is 2.03. The van der Waals surface area contributed by atoms with Gasteiger partial charge < -0.3 is 15.2 Å². The van der Waals surface area contributed by atoms with Gasteiger partial charge >= 0.3 is 0 Å². The van der Waals surface area contributed by atoms with E-state index in [2.05, 4.69) is 39.7 Å². The molecular formula is C17H32N6. The molecule has 2 N–H and O–H groups in total. The molecule has 130 valence electrons. The van der Waals surface area contributed by atoms with Crippen molar-refractivity contribution in [3.63, 3.8) is 0 Å². The van der Waals surface area contributed by atoms with Crippen LogP contribution < -0.4 is 10.6 Å². The van der Waals surface area contributed by atoms with E-state index in [0.717, 1.165) is 24.2 Å². The highest BCUT2D eigenvalue weighted by Crippen LogP contribution is 2.27. The first-order valence-electron chi connectivity index (χ1n) is 9.06. The average Bonchev–Trinajstić information content (AvgIpc) is 3.05. The molecule has 0 bridgehead atoms. The van der Waals surface area contributed by atoms with Gasteiger partial charge in [-0.3, -0.25) is 4.99 Å². The molecule has 23 heavy (non-hydrogen) atoms. The van der Waals surface area contributed by atoms with Crippen molar-refractivity contribution in [3.8, 4) is 0 Å². The maximum Gasteiger partial charge on any atom is 0.191 e. The van der Waals surface area contributed by atoms with Crippen molar-refractivity contribution in [2.24, 2.45) is 10.9 Å². The fraction of sp³-hybridized carbons (Fsp3) is 0.824. The van der Waals surface area contributed by atoms with Crippen LogP contribution in [-0.2, 0) is 13.1 Å². The molecule has 0 aliphatic heterocycles. The summed E-state index contributed by atoms with van der Waals surface area (Å²) in [4.78, 5) is 4.31. The standard InChI is InChI=1S/C17H32N6/c1-4-23-13-20-22-16(23)12-19-17(18-3)21-14(2)10-11-15-8-6-5-7-9-15/h13-15H,4-12H2,1-3H3,(H2,18,19,21). The zero-order valence-electron chi connectivity index (χ0n) is 14.9. The second-order valence-electron chi connectivity index (χ2n) is 6.59. The number of aliphatic imine (C=N–C) groups is 1. The first kappa shape index (κ1) is 17.8. The Kier molecular flexibility index (Phi) is 7.36. The van der Waals surface area contributed by atoms with Gasteiger partial charge in [0.25, 0.3) is 0 Å². The van der Waals surface area contributed by atoms with Crippen molar-refractivity contribution in [2.75, 3.05) is 7.05 Å². The fourth-order valence-electron chi connectivity index (χ4n) is 3.30. The van der Waals surface area contributed by atoms with Crippen LogP contribution in [0.1, 0.15) is 64.6 Å². The molecule has 2 rings (SSSR count). The van der Waals surface area contributed by atoms with Crippen LogP contribution in [0.2, 0.25) is 0 Å². The van der Waals surface area contributed by atoms with Crippen molar-refractivity contribution in [1.29, 1.82) is 0 Å². The number of rotatable bonds is 7. The average molecular weight is 320 g/mol. The molecule has 1 aromatic rings. The summed E-state index contributed by atoms with van der Waals surface area (Å²) in [5.74, 6) is 2.71. The summed E-state index contributed by atoms with van der Waals surface area (Å²) >= 11 is 0. The van der Waals surface area contributed by atoms with Gasteiger partial charge in [-0.25, -0.2) is 0 Å². The van der Waals surface area contributed by atoms with Gasteiger partial charge in [0.05, 0.1) is 6.54 Å². The molecule has 6 heteroatoms. The molecule has 1 aliphatic carbocycles. The summed E-state index contributed by atoms with van der Waals surface area (Å²) in [6.45, 7) is 5.86. The van der Waals surface area contributed by atoms with Gasteiger partial charge in [0.15, 0.2) is 11.8 Å². The van der Waals surface area contributed by atoms with Gasteiger partial charge in [-0.15, -0.1) is 10.2 Å². The van der Waals surface area contributed by atoms with Gasteiger partial charge in [0, 0.05) is 19.6 Å². The highest BCUT2D eigenvalue weighted by molar-refractivity contribution is 5.79. The smallest absolute Gasteiger partial charge is 0.191 e. The number of aromatic nitrogens is 3. The van der Waals surface area contributed by atoms with E-state index in [0.29, 0.717) is 12.6 Å². The topological polar surface area (TPSA) is 67.1 Å². The molecule has 6 nitrogen and oxygen atoms in total. The van der Waals surface area contributed by atoms with Gasteiger partial charge in [-0.1, -0.05) is 32.1 Å². The molecule has 1 heterocycles. The second kappa shape index (κ2) is 9.53. The minimum Gasteiger partial charge on any atom is -0.354 e. The van der Waals surface area contributed by atoms with Crippen LogP contribution in [0.15, 0.2) is 11.3 Å². The third-order valence-corrected chi connectivity index (χ3v) is 4.79. The quantitative estimate of drug-likeness (QED) is 0.599. The summed E-state index contributed by atoms with van der Waals surface area (Å²) in [5, 5.41) is 14.9. The fourth-order valence-corrected chi connectivity index (χ4v) is 3.30. The minimum absolute atomic E-state index is 0.437. The predicted molar refractivity (Wildman–Crippen MR) is 94.3 cm³/mol. The Hall–Kier alpha value is -1.59. The van der Waals surface area contributed by atoms with E-state index in [-0.39, 0.29) is 0 Å². The molecule has 0 amide bonds. The lowest BCUT2D eigenvalue weighted by atomic mass is 9.85. The van der Waals surface area contributed by atoms with Crippen molar-refractivity contribution in [1.82, 2.24) is 25.4 Å². The number of nitrogens with zero attached hydrogens (tertiary/aromatic N) is 4. The Labute approximate surface area is 140 Å². The van der Waals surface area contributed by atoms with Crippen LogP contribution in [0, 0.1) is 5.92 Å². The molecule has 0 spiro atoms. The summed E-state index contributed by atoms with van der Waals surface area (Å²) in [5.41, 5.74) is 0. The van der Waals surface area contributed by atoms with Gasteiger partial charge in [-0.2, -0.15) is 0 Å². The maximum absolute atomic E-state index is 4.31. The third-order valence-electron chi connectivity index (χ3n) is 4.79. The van der Waals surface area contributed by atoms with Crippen LogP contribution in [-0.4, -0.2) is 33.8 Å². The molecule has 0 saturated heterocycles. The van der Waals surface area contributed by atoms with E-state index in [1.807, 2.05) is 11.6 Å². The SMILES string of the molecule is CCn1cnnc1CNC(=NC)NC(C)CCC1CCCCC1. The van der Waals surface area contributed by atoms with Crippen LogP contribution in [0.3, 0.4) is 0 Å². The molecule has 1 aromatic heterocycles. The second-order valence-corrected chi connectivity index (χ2v) is 6.59. The van der Waals surface area contributed by atoms with Crippen LogP contribution in [0.25, 0.3) is 0 Å². The first-order valence-corrected chi connectivity index (χ1v) is 9.06. The lowest BCUT2D eigenvalue weighted by molar-refractivity contribution is 0.322. The van der Waals surface area contributed by atoms with E-state index in [4.69, 9.17) is 0 Å². The summed E-state index contributed by atoms with van der Waals surface area (Å²) in [6.07, 6.45) is 11.4. The van der Waals surface area contributed by atoms with Crippen molar-refractivity contribution in [3.05, 3.63) is 12.2 Å². The van der Waals surface area contributed by atoms with Crippen molar-refractivity contribution < 1.29 is 0 Å². The maximum atomic E-state index is 4.31. The van der Waals surface area contributed by atoms with Crippen LogP contribution in [0.4, 0.5) is 0 Å². The van der Waals surface area contributed by atoms with Gasteiger partial charge in [-0.05, 0) is 32.6 Å². The van der Waals surface area contributed by atoms with E-state index in [1.54, 1.807) is 6.33 Å². The molecule has 0 radical (unpaired) electrons. The highest BCUT2D eigenvalue weighted by atomic mass is 15.3. The Balaban J connectivity index is 1.71. The number of hydrogen-bond acceptors (Lipinski definition) is 3. The number of nitrogens with one attached hydrogen (secondary N) is 2. The Morgan fingerprint density at radius 1 is 1.39 bits per heavy atom. The Morgan fingerprint density at radius 2 is 2.17 bits per heavy atom. The van der Waals surface area contributed by atoms with Crippen LogP contribution in [0.5, 0.6) is 0 Å². The van der Waals surface area contributed by atoms with E-state index < -0.39 is 0 Å². The molecule has 1 atom stereocenters. The van der Waals surface area contributed by atoms with Crippen LogP contribution >= 0.6 is 0 Å². The highest BCUT2D eigenvalue weighted by Gasteiger charge is 2.15.